The quantitative estimate of drug-likeness (QED) is 0.183. The zero-order valence-corrected chi connectivity index (χ0v) is 23.8. The van der Waals surface area contributed by atoms with Crippen molar-refractivity contribution in [2.45, 2.75) is 99.5 Å². The fourth-order valence-corrected chi connectivity index (χ4v) is 8.58. The van der Waals surface area contributed by atoms with E-state index in [1.165, 1.54) is 65.4 Å². The molecule has 4 N–H and O–H groups in total. The summed E-state index contributed by atoms with van der Waals surface area (Å²) >= 11 is 3.01. The molecule has 0 radical (unpaired) electrons. The summed E-state index contributed by atoms with van der Waals surface area (Å²) in [5.74, 6) is 0.348. The van der Waals surface area contributed by atoms with Crippen molar-refractivity contribution in [3.05, 3.63) is 45.3 Å². The number of ether oxygens (including phenoxy) is 1. The van der Waals surface area contributed by atoms with E-state index in [0.29, 0.717) is 28.6 Å². The van der Waals surface area contributed by atoms with Gasteiger partial charge in [-0.05, 0) is 43.1 Å². The Bertz CT molecular complexity index is 1450. The maximum absolute atomic E-state index is 13.8. The maximum Gasteiger partial charge on any atom is 0.263 e. The lowest BCUT2D eigenvalue weighted by molar-refractivity contribution is -0.254. The van der Waals surface area contributed by atoms with E-state index in [1.807, 2.05) is 0 Å². The average Bonchev–Trinajstić information content (AvgIpc) is 3.57. The number of fused-ring (bicyclic) bond motifs is 3. The van der Waals surface area contributed by atoms with Crippen LogP contribution in [-0.2, 0) is 29.9 Å². The zero-order chi connectivity index (χ0) is 28.0. The monoisotopic (exact) mass is 589 g/mol. The van der Waals surface area contributed by atoms with Crippen molar-refractivity contribution in [1.29, 1.82) is 0 Å². The van der Waals surface area contributed by atoms with Gasteiger partial charge in [0.15, 0.2) is 11.4 Å². The van der Waals surface area contributed by atoms with Crippen LogP contribution in [0.3, 0.4) is 0 Å². The van der Waals surface area contributed by atoms with Gasteiger partial charge in [0.1, 0.15) is 29.2 Å². The molecule has 2 fully saturated rings. The van der Waals surface area contributed by atoms with Gasteiger partial charge in [-0.1, -0.05) is 42.3 Å². The lowest BCUT2D eigenvalue weighted by Gasteiger charge is -2.40. The van der Waals surface area contributed by atoms with Crippen LogP contribution in [0.1, 0.15) is 60.9 Å². The highest BCUT2D eigenvalue weighted by atomic mass is 32.2. The van der Waals surface area contributed by atoms with Crippen molar-refractivity contribution in [3.63, 3.8) is 0 Å². The molecule has 2 aliphatic carbocycles. The number of nitrogens with zero attached hydrogens (tertiary/aromatic N) is 5. The molecule has 1 saturated heterocycles. The fraction of sp³-hybridized carbons (Fsp3) is 0.630. The molecule has 40 heavy (non-hydrogen) atoms. The minimum Gasteiger partial charge on any atom is -0.394 e. The van der Waals surface area contributed by atoms with Crippen LogP contribution in [0, 0.1) is 5.41 Å². The van der Waals surface area contributed by atoms with E-state index in [0.717, 1.165) is 23.1 Å². The van der Waals surface area contributed by atoms with E-state index in [2.05, 4.69) is 16.9 Å². The Morgan fingerprint density at radius 1 is 1.18 bits per heavy atom. The molecule has 1 aliphatic heterocycles. The predicted molar refractivity (Wildman–Crippen MR) is 150 cm³/mol. The highest BCUT2D eigenvalue weighted by Gasteiger charge is 2.45. The molecule has 0 amide bonds. The molecule has 6 rings (SSSR count). The number of thiophene rings is 1. The van der Waals surface area contributed by atoms with Crippen LogP contribution in [0.15, 0.2) is 28.8 Å². The van der Waals surface area contributed by atoms with Crippen molar-refractivity contribution in [2.24, 2.45) is 5.41 Å². The largest absolute Gasteiger partial charge is 0.394 e. The van der Waals surface area contributed by atoms with Gasteiger partial charge in [-0.3, -0.25) is 9.36 Å². The van der Waals surface area contributed by atoms with Crippen LogP contribution in [0.4, 0.5) is 0 Å². The van der Waals surface area contributed by atoms with E-state index in [4.69, 9.17) is 9.72 Å². The summed E-state index contributed by atoms with van der Waals surface area (Å²) in [4.78, 5) is 20.9. The first kappa shape index (κ1) is 28.0. The van der Waals surface area contributed by atoms with Crippen molar-refractivity contribution in [2.75, 3.05) is 6.61 Å². The first-order chi connectivity index (χ1) is 19.3. The molecule has 1 saturated carbocycles. The van der Waals surface area contributed by atoms with Crippen LogP contribution in [0.25, 0.3) is 10.2 Å². The Morgan fingerprint density at radius 2 is 1.98 bits per heavy atom. The number of rotatable bonds is 7. The van der Waals surface area contributed by atoms with Crippen LogP contribution in [-0.4, -0.2) is 76.0 Å². The molecular weight excluding hydrogens is 554 g/mol. The fourth-order valence-electron chi connectivity index (χ4n) is 6.47. The number of aryl methyl sites for hydroxylation is 1. The smallest absolute Gasteiger partial charge is 0.263 e. The number of allylic oxidation sites excluding steroid dienone is 1. The van der Waals surface area contributed by atoms with Crippen molar-refractivity contribution < 1.29 is 25.2 Å². The van der Waals surface area contributed by atoms with Gasteiger partial charge < -0.3 is 25.2 Å². The molecule has 3 aliphatic rings. The SMILES string of the molecule is C=CCn1c(SCc2cn([C@@H]3O[C@H](CO)[C@@H](O)[C@H](O)[C@H]3O)nn2)nc2sc3c(c2c1=O)CC1(CCCCC1)CC3. The first-order valence-corrected chi connectivity index (χ1v) is 15.6. The molecule has 3 aromatic heterocycles. The van der Waals surface area contributed by atoms with Crippen molar-refractivity contribution >= 4 is 33.3 Å². The second-order valence-corrected chi connectivity index (χ2v) is 13.2. The van der Waals surface area contributed by atoms with Gasteiger partial charge in [0.05, 0.1) is 23.9 Å². The van der Waals surface area contributed by atoms with Gasteiger partial charge in [-0.2, -0.15) is 0 Å². The van der Waals surface area contributed by atoms with E-state index < -0.39 is 37.3 Å². The van der Waals surface area contributed by atoms with E-state index >= 15 is 0 Å². The number of hydrogen-bond acceptors (Lipinski definition) is 11. The molecule has 0 aromatic carbocycles. The Hall–Kier alpha value is -2.13. The number of aliphatic hydroxyl groups is 4. The molecule has 11 nitrogen and oxygen atoms in total. The average molecular weight is 590 g/mol. The van der Waals surface area contributed by atoms with Gasteiger partial charge in [0, 0.05) is 17.2 Å². The summed E-state index contributed by atoms with van der Waals surface area (Å²) < 4.78 is 8.51. The Balaban J connectivity index is 1.25. The third-order valence-electron chi connectivity index (χ3n) is 8.65. The number of hydrogen-bond donors (Lipinski definition) is 4. The third kappa shape index (κ3) is 4.95. The van der Waals surface area contributed by atoms with E-state index in [9.17, 15) is 25.2 Å². The predicted octanol–water partition coefficient (Wildman–Crippen LogP) is 1.94. The van der Waals surface area contributed by atoms with Crippen LogP contribution < -0.4 is 5.56 Å². The summed E-state index contributed by atoms with van der Waals surface area (Å²) in [6.45, 7) is 3.67. The highest BCUT2D eigenvalue weighted by molar-refractivity contribution is 7.98. The van der Waals surface area contributed by atoms with Crippen LogP contribution in [0.5, 0.6) is 0 Å². The Morgan fingerprint density at radius 3 is 2.73 bits per heavy atom. The summed E-state index contributed by atoms with van der Waals surface area (Å²) in [6, 6.07) is 0. The first-order valence-electron chi connectivity index (χ1n) is 13.8. The van der Waals surface area contributed by atoms with E-state index in [-0.39, 0.29) is 5.56 Å². The number of aromatic nitrogens is 5. The molecular formula is C27H35N5O6S2. The Kier molecular flexibility index (Phi) is 7.89. The van der Waals surface area contributed by atoms with Crippen LogP contribution in [0.2, 0.25) is 0 Å². The molecule has 0 unspecified atom stereocenters. The second kappa shape index (κ2) is 11.3. The maximum atomic E-state index is 13.8. The minimum absolute atomic E-state index is 0.0252. The lowest BCUT2D eigenvalue weighted by atomic mass is 9.65. The van der Waals surface area contributed by atoms with Gasteiger partial charge in [-0.25, -0.2) is 9.67 Å². The topological polar surface area (TPSA) is 156 Å². The lowest BCUT2D eigenvalue weighted by Crippen LogP contribution is -2.56. The normalized spacial score (nSPS) is 28.1. The van der Waals surface area contributed by atoms with Gasteiger partial charge in [0.2, 0.25) is 0 Å². The Labute approximate surface area is 239 Å². The second-order valence-electron chi connectivity index (χ2n) is 11.2. The molecule has 5 atom stereocenters. The number of thioether (sulfide) groups is 1. The zero-order valence-electron chi connectivity index (χ0n) is 22.2. The molecule has 13 heteroatoms. The molecule has 0 bridgehead atoms. The highest BCUT2D eigenvalue weighted by Crippen LogP contribution is 2.49. The van der Waals surface area contributed by atoms with Gasteiger partial charge in [0.25, 0.3) is 5.56 Å². The third-order valence-corrected chi connectivity index (χ3v) is 10.8. The molecule has 3 aromatic rings. The van der Waals surface area contributed by atoms with Gasteiger partial charge in [-0.15, -0.1) is 23.0 Å². The number of aliphatic hydroxyl groups excluding tert-OH is 4. The summed E-state index contributed by atoms with van der Waals surface area (Å²) in [5.41, 5.74) is 2.06. The molecule has 1 spiro atoms. The summed E-state index contributed by atoms with van der Waals surface area (Å²) in [7, 11) is 0. The van der Waals surface area contributed by atoms with Crippen LogP contribution >= 0.6 is 23.1 Å². The van der Waals surface area contributed by atoms with Crippen molar-refractivity contribution in [3.8, 4) is 0 Å². The standard InChI is InChI=1S/C27H35N5O6S2/c1-2-10-31-24(37)19-16-11-27(7-4-3-5-8-27)9-6-18(16)40-23(19)28-26(31)39-14-15-12-32(30-29-15)25-22(36)21(35)20(34)17(13-33)38-25/h2,12,17,20-22,25,33-36H,1,3-11,13-14H2/t17-,20-,21+,22-,25-/m1/s1. The van der Waals surface area contributed by atoms with E-state index in [1.54, 1.807) is 28.2 Å². The van der Waals surface area contributed by atoms with Gasteiger partial charge >= 0.3 is 0 Å². The minimum atomic E-state index is -1.51. The van der Waals surface area contributed by atoms with Crippen molar-refractivity contribution in [1.82, 2.24) is 24.5 Å². The summed E-state index contributed by atoms with van der Waals surface area (Å²) in [6.07, 6.45) is 6.23. The molecule has 216 valence electrons. The summed E-state index contributed by atoms with van der Waals surface area (Å²) in [5, 5.41) is 49.6. The molecule has 4 heterocycles.